The van der Waals surface area contributed by atoms with Crippen molar-refractivity contribution in [1.82, 2.24) is 0 Å². The molecule has 8 heteroatoms. The summed E-state index contributed by atoms with van der Waals surface area (Å²) in [7, 11) is 2.99. The smallest absolute Gasteiger partial charge is 0.416 e. The number of hydrogen-bond acceptors (Lipinski definition) is 4. The number of halogens is 3. The Kier molecular flexibility index (Phi) is 6.42. The van der Waals surface area contributed by atoms with Crippen molar-refractivity contribution >= 4 is 23.4 Å². The Hall–Kier alpha value is -2.35. The highest BCUT2D eigenvalue weighted by molar-refractivity contribution is 8.00. The minimum absolute atomic E-state index is 0.334. The molecule has 140 valence electrons. The number of rotatable bonds is 6. The number of thioether (sulfide) groups is 1. The highest BCUT2D eigenvalue weighted by Crippen LogP contribution is 2.34. The molecule has 0 unspecified atom stereocenters. The Bertz CT molecular complexity index is 781. The van der Waals surface area contributed by atoms with Gasteiger partial charge in [-0.15, -0.1) is 11.8 Å². The lowest BCUT2D eigenvalue weighted by Crippen LogP contribution is -2.22. The van der Waals surface area contributed by atoms with E-state index in [9.17, 15) is 18.0 Å². The summed E-state index contributed by atoms with van der Waals surface area (Å²) in [5, 5.41) is 2.12. The summed E-state index contributed by atoms with van der Waals surface area (Å²) in [6.07, 6.45) is -4.41. The fourth-order valence-electron chi connectivity index (χ4n) is 2.16. The van der Waals surface area contributed by atoms with Crippen LogP contribution >= 0.6 is 11.8 Å². The molecule has 0 saturated carbocycles. The summed E-state index contributed by atoms with van der Waals surface area (Å²) >= 11 is 1.05. The molecule has 26 heavy (non-hydrogen) atoms. The third kappa shape index (κ3) is 5.08. The summed E-state index contributed by atoms with van der Waals surface area (Å²) in [6.45, 7) is 1.63. The van der Waals surface area contributed by atoms with Crippen LogP contribution in [0.3, 0.4) is 0 Å². The van der Waals surface area contributed by atoms with Crippen molar-refractivity contribution in [1.29, 1.82) is 0 Å². The summed E-state index contributed by atoms with van der Waals surface area (Å²) < 4.78 is 48.6. The summed E-state index contributed by atoms with van der Waals surface area (Å²) in [4.78, 5) is 12.7. The number of carbonyl (C=O) groups excluding carboxylic acids is 1. The van der Waals surface area contributed by atoms with Gasteiger partial charge in [0.2, 0.25) is 5.91 Å². The fourth-order valence-corrected chi connectivity index (χ4v) is 3.09. The number of methoxy groups -OCH3 is 2. The third-order valence-electron chi connectivity index (χ3n) is 3.49. The van der Waals surface area contributed by atoms with Crippen LogP contribution in [0.5, 0.6) is 11.5 Å². The third-order valence-corrected chi connectivity index (χ3v) is 4.59. The second kappa shape index (κ2) is 8.35. The molecule has 2 aromatic rings. The first kappa shape index (κ1) is 20.0. The highest BCUT2D eigenvalue weighted by Gasteiger charge is 2.30. The number of nitrogens with one attached hydrogen (secondary N) is 1. The maximum Gasteiger partial charge on any atom is 0.416 e. The van der Waals surface area contributed by atoms with E-state index in [0.29, 0.717) is 22.1 Å². The van der Waals surface area contributed by atoms with Gasteiger partial charge in [0.15, 0.2) is 11.5 Å². The molecule has 0 radical (unpaired) electrons. The predicted octanol–water partition coefficient (Wildman–Crippen LogP) is 4.84. The largest absolute Gasteiger partial charge is 0.493 e. The number of anilines is 1. The number of alkyl halides is 3. The number of carbonyl (C=O) groups is 1. The molecule has 0 saturated heterocycles. The molecular formula is C18H18F3NO3S. The second-order valence-corrected chi connectivity index (χ2v) is 6.76. The van der Waals surface area contributed by atoms with Gasteiger partial charge in [-0.25, -0.2) is 0 Å². The molecule has 1 atom stereocenters. The zero-order valence-corrected chi connectivity index (χ0v) is 15.2. The molecule has 1 amide bonds. The fraction of sp³-hybridized carbons (Fsp3) is 0.278. The Balaban J connectivity index is 2.06. The maximum atomic E-state index is 12.8. The van der Waals surface area contributed by atoms with Gasteiger partial charge in [-0.2, -0.15) is 13.2 Å². The van der Waals surface area contributed by atoms with Crippen molar-refractivity contribution in [2.24, 2.45) is 0 Å². The van der Waals surface area contributed by atoms with Crippen LogP contribution in [0.15, 0.2) is 47.4 Å². The zero-order valence-electron chi connectivity index (χ0n) is 14.4. The summed E-state index contributed by atoms with van der Waals surface area (Å²) in [6, 6.07) is 9.81. The molecule has 0 heterocycles. The van der Waals surface area contributed by atoms with Gasteiger partial charge >= 0.3 is 6.18 Å². The Morgan fingerprint density at radius 2 is 1.77 bits per heavy atom. The van der Waals surface area contributed by atoms with E-state index in [1.165, 1.54) is 20.3 Å². The van der Waals surface area contributed by atoms with E-state index in [1.54, 1.807) is 31.2 Å². The molecule has 0 bridgehead atoms. The Morgan fingerprint density at radius 1 is 1.08 bits per heavy atom. The summed E-state index contributed by atoms with van der Waals surface area (Å²) in [5.74, 6) is 0.653. The van der Waals surface area contributed by atoms with Crippen LogP contribution in [-0.4, -0.2) is 25.4 Å². The quantitative estimate of drug-likeness (QED) is 0.723. The highest BCUT2D eigenvalue weighted by atomic mass is 32.2. The number of hydrogen-bond donors (Lipinski definition) is 1. The van der Waals surface area contributed by atoms with Crippen LogP contribution in [0.2, 0.25) is 0 Å². The van der Waals surface area contributed by atoms with Gasteiger partial charge in [0, 0.05) is 16.6 Å². The van der Waals surface area contributed by atoms with Gasteiger partial charge in [0.1, 0.15) is 0 Å². The second-order valence-electron chi connectivity index (χ2n) is 5.34. The molecule has 4 nitrogen and oxygen atoms in total. The lowest BCUT2D eigenvalue weighted by Gasteiger charge is -2.14. The minimum atomic E-state index is -4.41. The standard InChI is InChI=1S/C18H18F3NO3S/c1-11(26-14-6-4-5-12(9-14)18(19,20)21)17(23)22-13-7-8-15(24-2)16(10-13)25-3/h4-11H,1-3H3,(H,22,23)/t11-/m1/s1. The molecule has 0 fully saturated rings. The van der Waals surface area contributed by atoms with Gasteiger partial charge in [0.05, 0.1) is 25.0 Å². The lowest BCUT2D eigenvalue weighted by molar-refractivity contribution is -0.137. The maximum absolute atomic E-state index is 12.8. The van der Waals surface area contributed by atoms with E-state index in [1.807, 2.05) is 0 Å². The SMILES string of the molecule is COc1ccc(NC(=O)[C@@H](C)Sc2cccc(C(F)(F)F)c2)cc1OC. The average Bonchev–Trinajstić information content (AvgIpc) is 2.61. The molecule has 0 spiro atoms. The zero-order chi connectivity index (χ0) is 19.3. The van der Waals surface area contributed by atoms with Gasteiger partial charge < -0.3 is 14.8 Å². The number of benzene rings is 2. The van der Waals surface area contributed by atoms with E-state index in [-0.39, 0.29) is 5.91 Å². The van der Waals surface area contributed by atoms with Crippen molar-refractivity contribution in [3.05, 3.63) is 48.0 Å². The molecule has 0 aromatic heterocycles. The number of ether oxygens (including phenoxy) is 2. The first-order valence-corrected chi connectivity index (χ1v) is 8.49. The van der Waals surface area contributed by atoms with Crippen LogP contribution in [0, 0.1) is 0 Å². The molecular weight excluding hydrogens is 367 g/mol. The van der Waals surface area contributed by atoms with E-state index in [2.05, 4.69) is 5.32 Å². The normalized spacial score (nSPS) is 12.4. The molecule has 0 aliphatic heterocycles. The van der Waals surface area contributed by atoms with E-state index in [4.69, 9.17) is 9.47 Å². The first-order chi connectivity index (χ1) is 12.2. The van der Waals surface area contributed by atoms with Gasteiger partial charge in [0.25, 0.3) is 0 Å². The van der Waals surface area contributed by atoms with Crippen molar-refractivity contribution < 1.29 is 27.4 Å². The monoisotopic (exact) mass is 385 g/mol. The Labute approximate surface area is 153 Å². The lowest BCUT2D eigenvalue weighted by atomic mass is 10.2. The molecule has 2 aromatic carbocycles. The topological polar surface area (TPSA) is 47.6 Å². The van der Waals surface area contributed by atoms with E-state index < -0.39 is 17.0 Å². The molecule has 1 N–H and O–H groups in total. The molecule has 0 aliphatic carbocycles. The van der Waals surface area contributed by atoms with E-state index in [0.717, 1.165) is 23.9 Å². The molecule has 0 aliphatic rings. The van der Waals surface area contributed by atoms with Crippen molar-refractivity contribution in [3.8, 4) is 11.5 Å². The van der Waals surface area contributed by atoms with Crippen LogP contribution in [-0.2, 0) is 11.0 Å². The Morgan fingerprint density at radius 3 is 2.38 bits per heavy atom. The van der Waals surface area contributed by atoms with Crippen LogP contribution in [0.4, 0.5) is 18.9 Å². The van der Waals surface area contributed by atoms with Gasteiger partial charge in [-0.1, -0.05) is 6.07 Å². The van der Waals surface area contributed by atoms with Gasteiger partial charge in [-0.05, 0) is 37.3 Å². The van der Waals surface area contributed by atoms with Crippen LogP contribution in [0.1, 0.15) is 12.5 Å². The molecule has 2 rings (SSSR count). The van der Waals surface area contributed by atoms with Crippen molar-refractivity contribution in [3.63, 3.8) is 0 Å². The number of amides is 1. The van der Waals surface area contributed by atoms with Crippen molar-refractivity contribution in [2.75, 3.05) is 19.5 Å². The average molecular weight is 385 g/mol. The van der Waals surface area contributed by atoms with Crippen molar-refractivity contribution in [2.45, 2.75) is 23.2 Å². The predicted molar refractivity (Wildman–Crippen MR) is 94.9 cm³/mol. The first-order valence-electron chi connectivity index (χ1n) is 7.61. The van der Waals surface area contributed by atoms with Gasteiger partial charge in [-0.3, -0.25) is 4.79 Å². The minimum Gasteiger partial charge on any atom is -0.493 e. The van der Waals surface area contributed by atoms with E-state index >= 15 is 0 Å². The van der Waals surface area contributed by atoms with Crippen LogP contribution < -0.4 is 14.8 Å². The summed E-state index contributed by atoms with van der Waals surface area (Å²) in [5.41, 5.74) is -0.237. The van der Waals surface area contributed by atoms with Crippen LogP contribution in [0.25, 0.3) is 0 Å².